The zero-order valence-corrected chi connectivity index (χ0v) is 22.7. The first-order valence-corrected chi connectivity index (χ1v) is 14.5. The van der Waals surface area contributed by atoms with Crippen LogP contribution >= 0.6 is 0 Å². The van der Waals surface area contributed by atoms with E-state index in [1.807, 2.05) is 6.92 Å². The van der Waals surface area contributed by atoms with Crippen LogP contribution in [0.25, 0.3) is 0 Å². The van der Waals surface area contributed by atoms with Crippen molar-refractivity contribution in [1.82, 2.24) is 5.32 Å². The average molecular weight is 456 g/mol. The van der Waals surface area contributed by atoms with Crippen LogP contribution in [0.2, 0.25) is 0 Å². The molecule has 4 rings (SSSR count). The van der Waals surface area contributed by atoms with Crippen molar-refractivity contribution in [2.24, 2.45) is 52.3 Å². The van der Waals surface area contributed by atoms with Crippen molar-refractivity contribution in [2.45, 2.75) is 125 Å². The van der Waals surface area contributed by atoms with Crippen LogP contribution in [0.4, 0.5) is 0 Å². The van der Waals surface area contributed by atoms with Crippen molar-refractivity contribution in [3.63, 3.8) is 0 Å². The van der Waals surface area contributed by atoms with Gasteiger partial charge in [-0.2, -0.15) is 0 Å². The predicted molar refractivity (Wildman–Crippen MR) is 140 cm³/mol. The van der Waals surface area contributed by atoms with Gasteiger partial charge < -0.3 is 5.32 Å². The zero-order valence-electron chi connectivity index (χ0n) is 22.7. The summed E-state index contributed by atoms with van der Waals surface area (Å²) in [7, 11) is 0. The highest BCUT2D eigenvalue weighted by Gasteiger charge is 2.60. The molecule has 0 saturated heterocycles. The molecular weight excluding hydrogens is 402 g/mol. The summed E-state index contributed by atoms with van der Waals surface area (Å²) in [6.07, 6.45) is 16.7. The predicted octanol–water partition coefficient (Wildman–Crippen LogP) is 8.17. The van der Waals surface area contributed by atoms with Gasteiger partial charge in [-0.25, -0.2) is 0 Å². The molecule has 2 heteroatoms. The highest BCUT2D eigenvalue weighted by Crippen LogP contribution is 2.68. The summed E-state index contributed by atoms with van der Waals surface area (Å²) < 4.78 is 0. The lowest BCUT2D eigenvalue weighted by Crippen LogP contribution is -2.55. The minimum Gasteiger partial charge on any atom is -0.350 e. The van der Waals surface area contributed by atoms with E-state index in [4.69, 9.17) is 0 Å². The Morgan fingerprint density at radius 1 is 0.939 bits per heavy atom. The van der Waals surface area contributed by atoms with Crippen LogP contribution < -0.4 is 5.32 Å². The summed E-state index contributed by atoms with van der Waals surface area (Å²) >= 11 is 0. The molecule has 0 aromatic rings. The van der Waals surface area contributed by atoms with E-state index in [1.165, 1.54) is 70.6 Å². The standard InChI is InChI=1S/C31H53NO/c1-20(2)9-8-10-22(5)26-13-14-27-25-12-11-23-19-24(32-29(33)21(3)4)15-17-30(23,6)28(25)16-18-31(26,27)7/h20,22-28H,3,8-19H2,1-2,4-7H3,(H,32,33)/t22-,23+,24+,25+,26-,27+,28+,30+,31-/m1/s1. The van der Waals surface area contributed by atoms with Crippen molar-refractivity contribution in [1.29, 1.82) is 0 Å². The third kappa shape index (κ3) is 4.71. The molecular formula is C31H53NO. The van der Waals surface area contributed by atoms with Gasteiger partial charge in [0.05, 0.1) is 0 Å². The lowest BCUT2D eigenvalue weighted by Gasteiger charge is -2.61. The van der Waals surface area contributed by atoms with Crippen LogP contribution in [-0.2, 0) is 4.79 Å². The fourth-order valence-electron chi connectivity index (χ4n) is 9.72. The zero-order chi connectivity index (χ0) is 24.0. The Labute approximate surface area is 205 Å². The molecule has 0 spiro atoms. The first-order valence-electron chi connectivity index (χ1n) is 14.5. The van der Waals surface area contributed by atoms with Crippen molar-refractivity contribution < 1.29 is 4.79 Å². The largest absolute Gasteiger partial charge is 0.350 e. The molecule has 33 heavy (non-hydrogen) atoms. The Hall–Kier alpha value is -0.790. The monoisotopic (exact) mass is 455 g/mol. The number of nitrogens with one attached hydrogen (secondary N) is 1. The van der Waals surface area contributed by atoms with Gasteiger partial charge in [0.1, 0.15) is 0 Å². The van der Waals surface area contributed by atoms with Gasteiger partial charge in [-0.05, 0) is 117 Å². The third-order valence-corrected chi connectivity index (χ3v) is 11.6. The van der Waals surface area contributed by atoms with Crippen LogP contribution in [0.15, 0.2) is 12.2 Å². The van der Waals surface area contributed by atoms with Crippen LogP contribution in [-0.4, -0.2) is 11.9 Å². The van der Waals surface area contributed by atoms with Gasteiger partial charge in [0, 0.05) is 11.6 Å². The second-order valence-electron chi connectivity index (χ2n) is 13.9. The van der Waals surface area contributed by atoms with E-state index in [1.54, 1.807) is 0 Å². The van der Waals surface area contributed by atoms with Gasteiger partial charge in [-0.1, -0.05) is 60.5 Å². The molecule has 4 aliphatic rings. The summed E-state index contributed by atoms with van der Waals surface area (Å²) in [5.74, 6) is 6.39. The molecule has 2 nitrogen and oxygen atoms in total. The van der Waals surface area contributed by atoms with Crippen LogP contribution in [0, 0.1) is 52.3 Å². The van der Waals surface area contributed by atoms with Gasteiger partial charge >= 0.3 is 0 Å². The Bertz CT molecular complexity index is 726. The van der Waals surface area contributed by atoms with E-state index < -0.39 is 0 Å². The minimum atomic E-state index is 0.0604. The summed E-state index contributed by atoms with van der Waals surface area (Å²) in [4.78, 5) is 12.2. The first kappa shape index (κ1) is 25.3. The summed E-state index contributed by atoms with van der Waals surface area (Å²) in [6.45, 7) is 18.4. The van der Waals surface area contributed by atoms with Crippen LogP contribution in [0.5, 0.6) is 0 Å². The SMILES string of the molecule is C=C(C)C(=O)N[C@H]1CC[C@@]2(C)[C@@H](CC[C@@H]3[C@@H]2CC[C@]2(C)[C@@H]([C@H](C)CCCC(C)C)CC[C@@H]32)C1. The molecule has 0 heterocycles. The fraction of sp³-hybridized carbons (Fsp3) is 0.903. The highest BCUT2D eigenvalue weighted by molar-refractivity contribution is 5.92. The topological polar surface area (TPSA) is 29.1 Å². The van der Waals surface area contributed by atoms with Crippen molar-refractivity contribution >= 4 is 5.91 Å². The fourth-order valence-corrected chi connectivity index (χ4v) is 9.72. The Balaban J connectivity index is 1.41. The first-order chi connectivity index (χ1) is 15.6. The highest BCUT2D eigenvalue weighted by atomic mass is 16.1. The summed E-state index contributed by atoms with van der Waals surface area (Å²) in [5.41, 5.74) is 1.73. The van der Waals surface area contributed by atoms with Crippen molar-refractivity contribution in [3.05, 3.63) is 12.2 Å². The maximum atomic E-state index is 12.2. The van der Waals surface area contributed by atoms with E-state index in [0.717, 1.165) is 47.8 Å². The van der Waals surface area contributed by atoms with E-state index in [9.17, 15) is 4.79 Å². The van der Waals surface area contributed by atoms with Crippen LogP contribution in [0.1, 0.15) is 119 Å². The molecule has 1 amide bonds. The van der Waals surface area contributed by atoms with Gasteiger partial charge in [0.25, 0.3) is 0 Å². The van der Waals surface area contributed by atoms with E-state index in [0.29, 0.717) is 22.4 Å². The quantitative estimate of drug-likeness (QED) is 0.385. The molecule has 4 aliphatic carbocycles. The number of amides is 1. The van der Waals surface area contributed by atoms with Gasteiger partial charge in [-0.15, -0.1) is 0 Å². The third-order valence-electron chi connectivity index (χ3n) is 11.6. The second kappa shape index (κ2) is 9.69. The maximum Gasteiger partial charge on any atom is 0.246 e. The number of hydrogen-bond donors (Lipinski definition) is 1. The summed E-state index contributed by atoms with van der Waals surface area (Å²) in [5, 5.41) is 3.29. The summed E-state index contributed by atoms with van der Waals surface area (Å²) in [6, 6.07) is 0.361. The van der Waals surface area contributed by atoms with Gasteiger partial charge in [0.2, 0.25) is 5.91 Å². The molecule has 0 aromatic heterocycles. The van der Waals surface area contributed by atoms with Gasteiger partial charge in [0.15, 0.2) is 0 Å². The van der Waals surface area contributed by atoms with Crippen molar-refractivity contribution in [2.75, 3.05) is 0 Å². The van der Waals surface area contributed by atoms with E-state index >= 15 is 0 Å². The van der Waals surface area contributed by atoms with Crippen LogP contribution in [0.3, 0.4) is 0 Å². The minimum absolute atomic E-state index is 0.0604. The van der Waals surface area contributed by atoms with E-state index in [2.05, 4.69) is 46.5 Å². The molecule has 1 N–H and O–H groups in total. The number of hydrogen-bond acceptors (Lipinski definition) is 1. The Morgan fingerprint density at radius 2 is 1.64 bits per heavy atom. The molecule has 0 aliphatic heterocycles. The molecule has 0 bridgehead atoms. The second-order valence-corrected chi connectivity index (χ2v) is 13.9. The molecule has 9 atom stereocenters. The Morgan fingerprint density at radius 3 is 2.33 bits per heavy atom. The maximum absolute atomic E-state index is 12.2. The molecule has 188 valence electrons. The Kier molecular flexibility index (Phi) is 7.43. The van der Waals surface area contributed by atoms with Crippen molar-refractivity contribution in [3.8, 4) is 0 Å². The van der Waals surface area contributed by atoms with Gasteiger partial charge in [-0.3, -0.25) is 4.79 Å². The smallest absolute Gasteiger partial charge is 0.246 e. The number of fused-ring (bicyclic) bond motifs is 5. The molecule has 0 aromatic carbocycles. The number of carbonyl (C=O) groups is 1. The lowest BCUT2D eigenvalue weighted by molar-refractivity contribution is -0.125. The van der Waals surface area contributed by atoms with E-state index in [-0.39, 0.29) is 5.91 Å². The molecule has 4 saturated carbocycles. The molecule has 0 unspecified atom stereocenters. The molecule has 4 fully saturated rings. The normalized spacial score (nSPS) is 43.4. The number of rotatable bonds is 7. The average Bonchev–Trinajstić information content (AvgIpc) is 3.11. The molecule has 0 radical (unpaired) electrons. The lowest BCUT2D eigenvalue weighted by atomic mass is 9.44. The number of carbonyl (C=O) groups excluding carboxylic acids is 1.